The smallest absolute Gasteiger partial charge is 0.253 e. The molecule has 1 saturated heterocycles. The molecule has 31 heavy (non-hydrogen) atoms. The molecule has 0 spiro atoms. The molecule has 1 amide bonds. The van der Waals surface area contributed by atoms with E-state index in [9.17, 15) is 13.2 Å². The molecule has 0 radical (unpaired) electrons. The van der Waals surface area contributed by atoms with E-state index in [1.807, 2.05) is 26.0 Å². The first-order valence-corrected chi connectivity index (χ1v) is 11.9. The monoisotopic (exact) mass is 446 g/mol. The van der Waals surface area contributed by atoms with Gasteiger partial charge in [0.25, 0.3) is 5.91 Å². The van der Waals surface area contributed by atoms with Crippen LogP contribution in [-0.4, -0.2) is 58.7 Å². The zero-order valence-corrected chi connectivity index (χ0v) is 19.1. The average Bonchev–Trinajstić information content (AvgIpc) is 3.25. The number of benzene rings is 2. The molecule has 1 aliphatic heterocycles. The molecule has 0 bridgehead atoms. The molecule has 168 valence electrons. The van der Waals surface area contributed by atoms with Crippen molar-refractivity contribution in [3.8, 4) is 5.75 Å². The summed E-state index contributed by atoms with van der Waals surface area (Å²) in [4.78, 5) is 14.4. The van der Waals surface area contributed by atoms with Crippen molar-refractivity contribution in [2.75, 3.05) is 33.4 Å². The first-order chi connectivity index (χ1) is 14.7. The number of nitrogens with one attached hydrogen (secondary N) is 1. The maximum Gasteiger partial charge on any atom is 0.253 e. The average molecular weight is 447 g/mol. The van der Waals surface area contributed by atoms with Gasteiger partial charge in [-0.25, -0.2) is 13.1 Å². The van der Waals surface area contributed by atoms with Gasteiger partial charge in [0.05, 0.1) is 17.5 Å². The summed E-state index contributed by atoms with van der Waals surface area (Å²) in [6, 6.07) is 12.1. The second kappa shape index (κ2) is 10.3. The van der Waals surface area contributed by atoms with E-state index in [2.05, 4.69) is 10.8 Å². The van der Waals surface area contributed by atoms with Crippen LogP contribution in [0.25, 0.3) is 0 Å². The van der Waals surface area contributed by atoms with E-state index in [4.69, 9.17) is 9.47 Å². The first kappa shape index (κ1) is 23.2. The maximum atomic E-state index is 12.8. The van der Waals surface area contributed by atoms with Gasteiger partial charge >= 0.3 is 0 Å². The molecule has 7 nitrogen and oxygen atoms in total. The summed E-state index contributed by atoms with van der Waals surface area (Å²) in [5, 5.41) is 0. The molecule has 3 rings (SSSR count). The van der Waals surface area contributed by atoms with Crippen molar-refractivity contribution in [1.82, 2.24) is 9.62 Å². The van der Waals surface area contributed by atoms with Gasteiger partial charge in [-0.2, -0.15) is 0 Å². The van der Waals surface area contributed by atoms with E-state index in [1.165, 1.54) is 17.0 Å². The van der Waals surface area contributed by atoms with Crippen molar-refractivity contribution < 1.29 is 22.7 Å². The van der Waals surface area contributed by atoms with Crippen LogP contribution in [0.5, 0.6) is 5.75 Å². The summed E-state index contributed by atoms with van der Waals surface area (Å²) in [5.41, 5.74) is 2.55. The zero-order chi connectivity index (χ0) is 22.4. The first-order valence-electron chi connectivity index (χ1n) is 10.4. The minimum atomic E-state index is -3.72. The van der Waals surface area contributed by atoms with Gasteiger partial charge < -0.3 is 14.4 Å². The van der Waals surface area contributed by atoms with Gasteiger partial charge in [0, 0.05) is 25.8 Å². The van der Waals surface area contributed by atoms with Crippen molar-refractivity contribution in [1.29, 1.82) is 0 Å². The van der Waals surface area contributed by atoms with Crippen LogP contribution in [-0.2, 0) is 14.8 Å². The third-order valence-electron chi connectivity index (χ3n) is 5.15. The Kier molecular flexibility index (Phi) is 7.69. The number of ether oxygens (including phenoxy) is 2. The molecule has 0 aliphatic carbocycles. The van der Waals surface area contributed by atoms with E-state index >= 15 is 0 Å². The predicted molar refractivity (Wildman–Crippen MR) is 119 cm³/mol. The van der Waals surface area contributed by atoms with Crippen LogP contribution < -0.4 is 9.46 Å². The standard InChI is InChI=1S/C23H30N2O5S/c1-17-12-18(2)14-21(13-17)30-11-9-25(3)23(26)19-6-4-8-22(15-19)31(27,28)24-16-20-7-5-10-29-20/h4,6,8,12-15,20,24H,5,7,9-11,16H2,1-3H3. The number of rotatable bonds is 9. The van der Waals surface area contributed by atoms with Crippen LogP contribution in [0, 0.1) is 13.8 Å². The number of nitrogens with zero attached hydrogens (tertiary/aromatic N) is 1. The summed E-state index contributed by atoms with van der Waals surface area (Å²) in [7, 11) is -2.05. The lowest BCUT2D eigenvalue weighted by molar-refractivity contribution is 0.0773. The topological polar surface area (TPSA) is 84.9 Å². The van der Waals surface area contributed by atoms with Gasteiger partial charge in [-0.1, -0.05) is 12.1 Å². The summed E-state index contributed by atoms with van der Waals surface area (Å²) in [6.07, 6.45) is 1.69. The highest BCUT2D eigenvalue weighted by molar-refractivity contribution is 7.89. The number of aryl methyl sites for hydroxylation is 2. The second-order valence-corrected chi connectivity index (χ2v) is 9.68. The van der Waals surface area contributed by atoms with Gasteiger partial charge in [0.15, 0.2) is 0 Å². The highest BCUT2D eigenvalue weighted by atomic mass is 32.2. The van der Waals surface area contributed by atoms with E-state index in [0.717, 1.165) is 29.7 Å². The van der Waals surface area contributed by atoms with Crippen molar-refractivity contribution in [3.63, 3.8) is 0 Å². The SMILES string of the molecule is Cc1cc(C)cc(OCCN(C)C(=O)c2cccc(S(=O)(=O)NCC3CCCO3)c2)c1. The number of likely N-dealkylation sites (N-methyl/N-ethyl adjacent to an activating group) is 1. The van der Waals surface area contributed by atoms with E-state index in [-0.39, 0.29) is 23.5 Å². The Morgan fingerprint density at radius 1 is 1.19 bits per heavy atom. The minimum Gasteiger partial charge on any atom is -0.492 e. The van der Waals surface area contributed by atoms with Crippen LogP contribution in [0.1, 0.15) is 34.3 Å². The third kappa shape index (κ3) is 6.53. The number of carbonyl (C=O) groups excluding carboxylic acids is 1. The van der Waals surface area contributed by atoms with Crippen molar-refractivity contribution in [2.24, 2.45) is 0 Å². The minimum absolute atomic E-state index is 0.0660. The Labute approximate surface area is 184 Å². The molecule has 0 aromatic heterocycles. The number of hydrogen-bond donors (Lipinski definition) is 1. The van der Waals surface area contributed by atoms with E-state index < -0.39 is 10.0 Å². The van der Waals surface area contributed by atoms with Crippen LogP contribution >= 0.6 is 0 Å². The molecule has 8 heteroatoms. The molecule has 1 unspecified atom stereocenters. The Balaban J connectivity index is 1.57. The maximum absolute atomic E-state index is 12.8. The van der Waals surface area contributed by atoms with Gasteiger partial charge in [0.1, 0.15) is 12.4 Å². The molecule has 1 heterocycles. The second-order valence-electron chi connectivity index (χ2n) is 7.91. The Bertz CT molecular complexity index is 996. The largest absolute Gasteiger partial charge is 0.492 e. The molecule has 0 saturated carbocycles. The zero-order valence-electron chi connectivity index (χ0n) is 18.3. The van der Waals surface area contributed by atoms with Crippen LogP contribution in [0.2, 0.25) is 0 Å². The number of sulfonamides is 1. The number of carbonyl (C=O) groups is 1. The molecule has 1 aliphatic rings. The molecular weight excluding hydrogens is 416 g/mol. The quantitative estimate of drug-likeness (QED) is 0.640. The fraction of sp³-hybridized carbons (Fsp3) is 0.435. The lowest BCUT2D eigenvalue weighted by Gasteiger charge is -2.18. The highest BCUT2D eigenvalue weighted by Gasteiger charge is 2.21. The van der Waals surface area contributed by atoms with Crippen LogP contribution in [0.3, 0.4) is 0 Å². The van der Waals surface area contributed by atoms with Gasteiger partial charge in [-0.3, -0.25) is 4.79 Å². The van der Waals surface area contributed by atoms with Crippen LogP contribution in [0.15, 0.2) is 47.4 Å². The fourth-order valence-electron chi connectivity index (χ4n) is 3.53. The summed E-state index contributed by atoms with van der Waals surface area (Å²) in [5.74, 6) is 0.504. The molecular formula is C23H30N2O5S. The lowest BCUT2D eigenvalue weighted by atomic mass is 10.1. The lowest BCUT2D eigenvalue weighted by Crippen LogP contribution is -2.33. The van der Waals surface area contributed by atoms with Crippen molar-refractivity contribution >= 4 is 15.9 Å². The van der Waals surface area contributed by atoms with Gasteiger partial charge in [-0.15, -0.1) is 0 Å². The van der Waals surface area contributed by atoms with Crippen LogP contribution in [0.4, 0.5) is 0 Å². The van der Waals surface area contributed by atoms with Crippen molar-refractivity contribution in [3.05, 3.63) is 59.2 Å². The molecule has 2 aromatic rings. The summed E-state index contributed by atoms with van der Waals surface area (Å²) in [6.45, 7) is 5.62. The highest BCUT2D eigenvalue weighted by Crippen LogP contribution is 2.17. The van der Waals surface area contributed by atoms with Gasteiger partial charge in [0.2, 0.25) is 10.0 Å². The van der Waals surface area contributed by atoms with E-state index in [1.54, 1.807) is 19.2 Å². The Morgan fingerprint density at radius 3 is 2.61 bits per heavy atom. The number of hydrogen-bond acceptors (Lipinski definition) is 5. The van der Waals surface area contributed by atoms with Crippen molar-refractivity contribution in [2.45, 2.75) is 37.7 Å². The summed E-state index contributed by atoms with van der Waals surface area (Å²) >= 11 is 0. The number of amides is 1. The fourth-order valence-corrected chi connectivity index (χ4v) is 4.64. The molecule has 1 fully saturated rings. The Morgan fingerprint density at radius 2 is 1.94 bits per heavy atom. The predicted octanol–water partition coefficient (Wildman–Crippen LogP) is 2.91. The normalized spacial score (nSPS) is 16.3. The molecule has 1 N–H and O–H groups in total. The van der Waals surface area contributed by atoms with E-state index in [0.29, 0.717) is 25.3 Å². The summed E-state index contributed by atoms with van der Waals surface area (Å²) < 4.78 is 39.0. The Hall–Kier alpha value is -2.42. The molecule has 2 aromatic carbocycles. The van der Waals surface area contributed by atoms with Gasteiger partial charge in [-0.05, 0) is 68.1 Å². The molecule has 1 atom stereocenters. The third-order valence-corrected chi connectivity index (χ3v) is 6.57.